The fraction of sp³-hybridized carbons (Fsp3) is 0.906. The summed E-state index contributed by atoms with van der Waals surface area (Å²) < 4.78 is 26.2. The summed E-state index contributed by atoms with van der Waals surface area (Å²) in [6, 6.07) is 1.33. The van der Waals surface area contributed by atoms with Crippen molar-refractivity contribution < 1.29 is 98.1 Å². The number of carbonyl (C=O) groups excluding carboxylic acids is 2. The van der Waals surface area contributed by atoms with Gasteiger partial charge in [0.15, 0.2) is 12.2 Å². The van der Waals surface area contributed by atoms with Crippen molar-refractivity contribution in [2.24, 2.45) is 69.0 Å². The highest BCUT2D eigenvalue weighted by Crippen LogP contribution is 2.70. The molecule has 12 aliphatic rings. The van der Waals surface area contributed by atoms with Gasteiger partial charge in [0.2, 0.25) is 0 Å². The van der Waals surface area contributed by atoms with Crippen LogP contribution in [0.25, 0.3) is 0 Å². The molecule has 12 rings (SSSR count). The molecule has 4 saturated heterocycles. The van der Waals surface area contributed by atoms with Gasteiger partial charge in [0.25, 0.3) is 0 Å². The summed E-state index contributed by atoms with van der Waals surface area (Å²) in [5.74, 6) is 5.08. The van der Waals surface area contributed by atoms with Gasteiger partial charge >= 0.3 is 11.9 Å². The molecule has 4 aliphatic heterocycles. The lowest BCUT2D eigenvalue weighted by molar-refractivity contribution is -0.937. The Bertz CT molecular complexity index is 1960. The Kier molecular flexibility index (Phi) is 23.1. The summed E-state index contributed by atoms with van der Waals surface area (Å²) in [6.45, 7) is 35.5. The van der Waals surface area contributed by atoms with Crippen molar-refractivity contribution in [3.8, 4) is 0 Å². The largest absolute Gasteiger partial charge is 1.00 e. The van der Waals surface area contributed by atoms with Crippen LogP contribution in [0.2, 0.25) is 0 Å². The van der Waals surface area contributed by atoms with Crippen molar-refractivity contribution in [2.75, 3.05) is 91.9 Å². The monoisotopic (exact) mass is 1270 g/mol. The second kappa shape index (κ2) is 27.1. The highest BCUT2D eigenvalue weighted by Gasteiger charge is 2.70. The fourth-order valence-corrected chi connectivity index (χ4v) is 22.6. The molecular formula is C64H112Br2N4O11. The van der Waals surface area contributed by atoms with Crippen LogP contribution < -0.4 is 34.0 Å². The van der Waals surface area contributed by atoms with Crippen molar-refractivity contribution in [1.82, 2.24) is 9.80 Å². The minimum absolute atomic E-state index is 0. The van der Waals surface area contributed by atoms with E-state index < -0.39 is 0 Å². The van der Waals surface area contributed by atoms with Gasteiger partial charge in [-0.2, -0.15) is 0 Å². The smallest absolute Gasteiger partial charge is 0.303 e. The third kappa shape index (κ3) is 12.0. The lowest BCUT2D eigenvalue weighted by atomic mass is 9.44. The quantitative estimate of drug-likeness (QED) is 0.174. The van der Waals surface area contributed by atoms with Crippen LogP contribution in [0, 0.1) is 69.0 Å². The van der Waals surface area contributed by atoms with E-state index in [1.165, 1.54) is 103 Å². The average Bonchev–Trinajstić information content (AvgIpc) is 4.43. The van der Waals surface area contributed by atoms with E-state index >= 15 is 0 Å². The number of nitrogens with zero attached hydrogens (tertiary/aromatic N) is 4. The zero-order valence-corrected chi connectivity index (χ0v) is 54.0. The maximum absolute atomic E-state index is 12.5. The van der Waals surface area contributed by atoms with Crippen molar-refractivity contribution in [2.45, 2.75) is 206 Å². The summed E-state index contributed by atoms with van der Waals surface area (Å²) in [6.07, 6.45) is 25.3. The molecule has 0 radical (unpaired) electrons. The lowest BCUT2D eigenvalue weighted by Crippen LogP contribution is -3.00. The summed E-state index contributed by atoms with van der Waals surface area (Å²) in [5, 5.41) is 22.5. The van der Waals surface area contributed by atoms with Gasteiger partial charge in [0.1, 0.15) is 12.1 Å². The Morgan fingerprint density at radius 1 is 0.543 bits per heavy atom. The number of hydrogen-bond donors (Lipinski definition) is 2. The number of carbonyl (C=O) groups is 2. The maximum Gasteiger partial charge on any atom is 0.303 e. The summed E-state index contributed by atoms with van der Waals surface area (Å²) in [7, 11) is 0. The van der Waals surface area contributed by atoms with Gasteiger partial charge in [-0.15, -0.1) is 0 Å². The second-order valence-corrected chi connectivity index (χ2v) is 29.2. The van der Waals surface area contributed by atoms with Gasteiger partial charge in [0, 0.05) is 101 Å². The molecule has 0 unspecified atom stereocenters. The molecule has 0 aromatic rings. The molecule has 0 spiro atoms. The predicted molar refractivity (Wildman–Crippen MR) is 307 cm³/mol. The number of morpholine rings is 2. The van der Waals surface area contributed by atoms with Crippen molar-refractivity contribution in [1.29, 1.82) is 0 Å². The van der Waals surface area contributed by atoms with Crippen LogP contribution in [-0.4, -0.2) is 198 Å². The third-order valence-corrected chi connectivity index (χ3v) is 26.2. The molecular weight excluding hydrogens is 1160 g/mol. The van der Waals surface area contributed by atoms with Gasteiger partial charge in [-0.1, -0.05) is 40.9 Å². The standard InChI is InChI=1S/2C32H53N2O4.2BrH.3H2O/c2*1-5-14-34(15-6-7-16-34)28-20-26-24-9-8-23-19-29(36)27(33-12-17-37-18-13-33)21-32(23,4)25(24)10-11-31(26,3)30(28)38-22(2)35;;;;;/h2*5,23-30,36H,1,6-21H2,2-4H3;2*1H;3*1H2/q2*+1;;;;;/p-2/t2*23-,24+,25-,26-,27-,28-,29-,30-,31-,32-;;;;;/m00...../s1. The first-order valence-electron chi connectivity index (χ1n) is 31.7. The zero-order chi connectivity index (χ0) is 53.4. The van der Waals surface area contributed by atoms with Crippen LogP contribution in [0.1, 0.15) is 157 Å². The zero-order valence-electron chi connectivity index (χ0n) is 50.8. The van der Waals surface area contributed by atoms with E-state index in [9.17, 15) is 19.8 Å². The average molecular weight is 1270 g/mol. The first kappa shape index (κ1) is 69.0. The topological polar surface area (TPSA) is 212 Å². The fourth-order valence-electron chi connectivity index (χ4n) is 22.6. The first-order chi connectivity index (χ1) is 36.4. The molecule has 0 amide bonds. The number of likely N-dealkylation sites (tertiary alicyclic amines) is 2. The number of ether oxygens (including phenoxy) is 4. The molecule has 0 aromatic carbocycles. The first-order valence-corrected chi connectivity index (χ1v) is 31.7. The van der Waals surface area contributed by atoms with E-state index in [2.05, 4.69) is 62.8 Å². The van der Waals surface area contributed by atoms with E-state index in [-0.39, 0.29) is 120 Å². The van der Waals surface area contributed by atoms with Crippen LogP contribution in [0.3, 0.4) is 0 Å². The Morgan fingerprint density at radius 3 is 1.21 bits per heavy atom. The normalized spacial score (nSPS) is 45.5. The van der Waals surface area contributed by atoms with Crippen LogP contribution in [0.5, 0.6) is 0 Å². The van der Waals surface area contributed by atoms with Crippen molar-refractivity contribution >= 4 is 11.9 Å². The Balaban J connectivity index is 0.000000246. The number of halogens is 2. The highest BCUT2D eigenvalue weighted by atomic mass is 79.9. The van der Waals surface area contributed by atoms with Gasteiger partial charge < -0.3 is 88.5 Å². The number of fused-ring (bicyclic) bond motifs is 10. The Morgan fingerprint density at radius 2 is 0.889 bits per heavy atom. The molecule has 12 fully saturated rings. The van der Waals surface area contributed by atoms with Crippen molar-refractivity contribution in [3.63, 3.8) is 0 Å². The number of quaternary nitrogens is 2. The van der Waals surface area contributed by atoms with E-state index in [4.69, 9.17) is 18.9 Å². The molecule has 81 heavy (non-hydrogen) atoms. The predicted octanol–water partition coefficient (Wildman–Crippen LogP) is 0.349. The molecule has 8 saturated carbocycles. The maximum atomic E-state index is 12.5. The summed E-state index contributed by atoms with van der Waals surface area (Å²) in [5.41, 5.74) is 0.686. The molecule has 0 aromatic heterocycles. The molecule has 15 nitrogen and oxygen atoms in total. The number of esters is 2. The van der Waals surface area contributed by atoms with Crippen LogP contribution >= 0.6 is 0 Å². The van der Waals surface area contributed by atoms with Crippen LogP contribution in [0.4, 0.5) is 0 Å². The molecule has 17 heteroatoms. The lowest BCUT2D eigenvalue weighted by Gasteiger charge is -2.62. The Labute approximate surface area is 509 Å². The number of rotatable bonds is 10. The minimum Gasteiger partial charge on any atom is -1.00 e. The van der Waals surface area contributed by atoms with Gasteiger partial charge in [0.05, 0.1) is 77.9 Å². The summed E-state index contributed by atoms with van der Waals surface area (Å²) >= 11 is 0. The molecule has 8 aliphatic carbocycles. The Hall–Kier alpha value is -1.06. The molecule has 4 heterocycles. The van der Waals surface area contributed by atoms with E-state index in [0.29, 0.717) is 59.4 Å². The third-order valence-electron chi connectivity index (χ3n) is 26.2. The van der Waals surface area contributed by atoms with Crippen molar-refractivity contribution in [3.05, 3.63) is 25.3 Å². The molecule has 8 N–H and O–H groups in total. The molecule has 0 bridgehead atoms. The van der Waals surface area contributed by atoms with E-state index in [1.54, 1.807) is 13.8 Å². The number of aliphatic hydroxyl groups is 2. The van der Waals surface area contributed by atoms with Gasteiger partial charge in [-0.3, -0.25) is 19.4 Å². The number of hydrogen-bond acceptors (Lipinski definition) is 10. The number of aliphatic hydroxyl groups excluding tert-OH is 2. The molecule has 20 atom stereocenters. The highest BCUT2D eigenvalue weighted by molar-refractivity contribution is 5.66. The van der Waals surface area contributed by atoms with Gasteiger partial charge in [-0.05, 0) is 147 Å². The van der Waals surface area contributed by atoms with Gasteiger partial charge in [-0.25, -0.2) is 0 Å². The van der Waals surface area contributed by atoms with Crippen LogP contribution in [-0.2, 0) is 28.5 Å². The van der Waals surface area contributed by atoms with E-state index in [1.807, 2.05) is 0 Å². The molecule has 468 valence electrons. The minimum atomic E-state index is -0.209. The van der Waals surface area contributed by atoms with E-state index in [0.717, 1.165) is 113 Å². The summed E-state index contributed by atoms with van der Waals surface area (Å²) in [4.78, 5) is 30.0. The SMILES string of the molecule is C=CC[N+]1([C@H]2C[C@H]3[C@@H]4CC[C@H]5C[C@H](O)[C@@H](N6CCOCC6)C[C@]5(C)[C@H]4CC[C@]3(C)[C@H]2OC(C)=O)CCCC1.C=CC[N+]1([C@H]2C[C@H]3[C@@H]4CC[C@H]5C[C@H](O)[C@@H](N6CCOCC6)C[C@]5(C)[C@H]4CC[C@]3(C)[C@H]2OC(C)=O)CCCC1.O.O.O.[Br-].[Br-]. The second-order valence-electron chi connectivity index (χ2n) is 29.2. The van der Waals surface area contributed by atoms with Crippen LogP contribution in [0.15, 0.2) is 25.3 Å².